The minimum absolute atomic E-state index is 0.00111. The van der Waals surface area contributed by atoms with E-state index in [2.05, 4.69) is 4.90 Å². The molecule has 0 aromatic heterocycles. The van der Waals surface area contributed by atoms with E-state index in [9.17, 15) is 9.18 Å². The smallest absolute Gasteiger partial charge is 0.253 e. The van der Waals surface area contributed by atoms with E-state index in [1.54, 1.807) is 19.2 Å². The van der Waals surface area contributed by atoms with Gasteiger partial charge in [0.2, 0.25) is 0 Å². The first kappa shape index (κ1) is 23.1. The molecule has 0 atom stereocenters. The van der Waals surface area contributed by atoms with Gasteiger partial charge in [-0.3, -0.25) is 9.69 Å². The van der Waals surface area contributed by atoms with E-state index in [0.717, 1.165) is 17.1 Å². The van der Waals surface area contributed by atoms with Crippen molar-refractivity contribution in [2.75, 3.05) is 33.3 Å². The number of halogens is 2. The number of carbonyl (C=O) groups is 1. The van der Waals surface area contributed by atoms with Crippen molar-refractivity contribution in [1.82, 2.24) is 9.80 Å². The van der Waals surface area contributed by atoms with E-state index < -0.39 is 0 Å². The van der Waals surface area contributed by atoms with Crippen LogP contribution in [0.5, 0.6) is 11.5 Å². The molecule has 1 fully saturated rings. The monoisotopic (exact) mass is 468 g/mol. The number of hydrogen-bond acceptors (Lipinski definition) is 4. The first-order valence-corrected chi connectivity index (χ1v) is 11.2. The Labute approximate surface area is 198 Å². The highest BCUT2D eigenvalue weighted by Crippen LogP contribution is 2.22. The van der Waals surface area contributed by atoms with Gasteiger partial charge in [0.25, 0.3) is 5.91 Å². The van der Waals surface area contributed by atoms with Crippen LogP contribution in [0.15, 0.2) is 66.7 Å². The summed E-state index contributed by atoms with van der Waals surface area (Å²) < 4.78 is 25.0. The largest absolute Gasteiger partial charge is 0.497 e. The van der Waals surface area contributed by atoms with Crippen LogP contribution in [0.25, 0.3) is 0 Å². The minimum atomic E-state index is -0.294. The molecule has 0 N–H and O–H groups in total. The highest BCUT2D eigenvalue weighted by atomic mass is 35.5. The van der Waals surface area contributed by atoms with Gasteiger partial charge in [-0.05, 0) is 54.1 Å². The third-order valence-corrected chi connectivity index (χ3v) is 6.12. The molecule has 3 aromatic carbocycles. The topological polar surface area (TPSA) is 42.0 Å². The summed E-state index contributed by atoms with van der Waals surface area (Å²) in [5, 5.41) is 0.435. The molecule has 1 aliphatic heterocycles. The van der Waals surface area contributed by atoms with Crippen molar-refractivity contribution >= 4 is 17.5 Å². The molecule has 33 heavy (non-hydrogen) atoms. The van der Waals surface area contributed by atoms with E-state index >= 15 is 0 Å². The van der Waals surface area contributed by atoms with Gasteiger partial charge in [0.1, 0.15) is 23.9 Å². The molecule has 1 amide bonds. The fourth-order valence-corrected chi connectivity index (χ4v) is 4.00. The van der Waals surface area contributed by atoms with Gasteiger partial charge >= 0.3 is 0 Å². The predicted molar refractivity (Wildman–Crippen MR) is 126 cm³/mol. The van der Waals surface area contributed by atoms with Crippen LogP contribution in [0.4, 0.5) is 4.39 Å². The number of carbonyl (C=O) groups excluding carboxylic acids is 1. The van der Waals surface area contributed by atoms with Crippen LogP contribution in [0, 0.1) is 5.82 Å². The van der Waals surface area contributed by atoms with Crippen LogP contribution in [-0.4, -0.2) is 49.0 Å². The third kappa shape index (κ3) is 5.83. The van der Waals surface area contributed by atoms with E-state index in [1.165, 1.54) is 6.07 Å². The number of ether oxygens (including phenoxy) is 2. The summed E-state index contributed by atoms with van der Waals surface area (Å²) in [5.41, 5.74) is 2.13. The Kier molecular flexibility index (Phi) is 7.47. The summed E-state index contributed by atoms with van der Waals surface area (Å²) in [6.07, 6.45) is 0. The Hall–Kier alpha value is -3.09. The van der Waals surface area contributed by atoms with Crippen LogP contribution in [0.3, 0.4) is 0 Å². The Morgan fingerprint density at radius 2 is 1.61 bits per heavy atom. The molecule has 1 saturated heterocycles. The normalized spacial score (nSPS) is 14.2. The van der Waals surface area contributed by atoms with Crippen LogP contribution in [-0.2, 0) is 13.2 Å². The van der Waals surface area contributed by atoms with Crippen LogP contribution in [0.1, 0.15) is 21.5 Å². The van der Waals surface area contributed by atoms with E-state index in [0.29, 0.717) is 55.5 Å². The zero-order valence-corrected chi connectivity index (χ0v) is 19.2. The lowest BCUT2D eigenvalue weighted by atomic mass is 10.1. The average Bonchev–Trinajstić information content (AvgIpc) is 2.86. The van der Waals surface area contributed by atoms with Crippen LogP contribution in [0.2, 0.25) is 5.02 Å². The number of hydrogen-bond donors (Lipinski definition) is 0. The number of rotatable bonds is 7. The highest BCUT2D eigenvalue weighted by Gasteiger charge is 2.23. The Morgan fingerprint density at radius 3 is 2.24 bits per heavy atom. The molecule has 1 heterocycles. The summed E-state index contributed by atoms with van der Waals surface area (Å²) in [7, 11) is 1.63. The average molecular weight is 469 g/mol. The molecule has 172 valence electrons. The first-order chi connectivity index (χ1) is 16.0. The van der Waals surface area contributed by atoms with Gasteiger partial charge in [0, 0.05) is 48.9 Å². The third-order valence-electron chi connectivity index (χ3n) is 5.77. The molecule has 3 aromatic rings. The molecule has 4 rings (SSSR count). The summed E-state index contributed by atoms with van der Waals surface area (Å²) in [5.74, 6) is 1.24. The van der Waals surface area contributed by atoms with Gasteiger partial charge < -0.3 is 14.4 Å². The quantitative estimate of drug-likeness (QED) is 0.488. The van der Waals surface area contributed by atoms with Gasteiger partial charge in [0.15, 0.2) is 0 Å². The number of nitrogens with zero attached hydrogens (tertiary/aromatic N) is 2. The lowest BCUT2D eigenvalue weighted by molar-refractivity contribution is 0.0627. The standard InChI is InChI=1S/C26H26ClFN2O3/c1-32-21-9-11-22(12-10-21)33-18-19-5-7-20(8-6-19)26(31)30-15-13-29(14-16-30)17-23-24(27)3-2-4-25(23)28/h2-12H,13-18H2,1H3. The molecular formula is C26H26ClFN2O3. The van der Waals surface area contributed by atoms with Gasteiger partial charge in [-0.25, -0.2) is 4.39 Å². The second-order valence-corrected chi connectivity index (χ2v) is 8.34. The molecule has 0 aliphatic carbocycles. The fourth-order valence-electron chi connectivity index (χ4n) is 3.78. The Morgan fingerprint density at radius 1 is 0.939 bits per heavy atom. The fraction of sp³-hybridized carbons (Fsp3) is 0.269. The van der Waals surface area contributed by atoms with Gasteiger partial charge in [-0.2, -0.15) is 0 Å². The van der Waals surface area contributed by atoms with Crippen molar-refractivity contribution < 1.29 is 18.7 Å². The van der Waals surface area contributed by atoms with Crippen molar-refractivity contribution in [3.8, 4) is 11.5 Å². The SMILES string of the molecule is COc1ccc(OCc2ccc(C(=O)N3CCN(Cc4c(F)cccc4Cl)CC3)cc2)cc1. The molecule has 0 bridgehead atoms. The zero-order valence-electron chi connectivity index (χ0n) is 18.5. The lowest BCUT2D eigenvalue weighted by Gasteiger charge is -2.35. The van der Waals surface area contributed by atoms with Crippen molar-refractivity contribution in [3.05, 3.63) is 94.3 Å². The molecule has 0 radical (unpaired) electrons. The van der Waals surface area contributed by atoms with E-state index in [-0.39, 0.29) is 11.7 Å². The maximum Gasteiger partial charge on any atom is 0.253 e. The van der Waals surface area contributed by atoms with Crippen LogP contribution >= 0.6 is 11.6 Å². The van der Waals surface area contributed by atoms with Crippen molar-refractivity contribution in [1.29, 1.82) is 0 Å². The molecule has 0 spiro atoms. The molecular weight excluding hydrogens is 443 g/mol. The second-order valence-electron chi connectivity index (χ2n) is 7.93. The molecule has 0 saturated carbocycles. The van der Waals surface area contributed by atoms with Crippen LogP contribution < -0.4 is 9.47 Å². The minimum Gasteiger partial charge on any atom is -0.497 e. The van der Waals surface area contributed by atoms with Crippen molar-refractivity contribution in [3.63, 3.8) is 0 Å². The second kappa shape index (κ2) is 10.7. The Balaban J connectivity index is 1.28. The summed E-state index contributed by atoms with van der Waals surface area (Å²) in [6.45, 7) is 3.38. The number of methoxy groups -OCH3 is 1. The van der Waals surface area contributed by atoms with Gasteiger partial charge in [-0.15, -0.1) is 0 Å². The summed E-state index contributed by atoms with van der Waals surface area (Å²) in [4.78, 5) is 16.9. The van der Waals surface area contributed by atoms with Crippen molar-refractivity contribution in [2.45, 2.75) is 13.2 Å². The first-order valence-electron chi connectivity index (χ1n) is 10.8. The number of piperazine rings is 1. The Bertz CT molecular complexity index is 1060. The highest BCUT2D eigenvalue weighted by molar-refractivity contribution is 6.31. The van der Waals surface area contributed by atoms with E-state index in [1.807, 2.05) is 53.4 Å². The maximum absolute atomic E-state index is 14.1. The molecule has 1 aliphatic rings. The van der Waals surface area contributed by atoms with Gasteiger partial charge in [-0.1, -0.05) is 29.8 Å². The number of benzene rings is 3. The summed E-state index contributed by atoms with van der Waals surface area (Å²) >= 11 is 6.14. The van der Waals surface area contributed by atoms with Crippen molar-refractivity contribution in [2.24, 2.45) is 0 Å². The predicted octanol–water partition coefficient (Wildman–Crippen LogP) is 5.02. The zero-order chi connectivity index (χ0) is 23.2. The number of amides is 1. The van der Waals surface area contributed by atoms with E-state index in [4.69, 9.17) is 21.1 Å². The lowest BCUT2D eigenvalue weighted by Crippen LogP contribution is -2.48. The maximum atomic E-state index is 14.1. The van der Waals surface area contributed by atoms with Gasteiger partial charge in [0.05, 0.1) is 7.11 Å². The molecule has 7 heteroatoms. The molecule has 0 unspecified atom stereocenters. The molecule has 5 nitrogen and oxygen atoms in total. The summed E-state index contributed by atoms with van der Waals surface area (Å²) in [6, 6.07) is 19.6.